The fourth-order valence-corrected chi connectivity index (χ4v) is 3.03. The van der Waals surface area contributed by atoms with E-state index in [1.165, 1.54) is 0 Å². The monoisotopic (exact) mass is 352 g/mol. The van der Waals surface area contributed by atoms with Crippen LogP contribution in [0.1, 0.15) is 27.0 Å². The summed E-state index contributed by atoms with van der Waals surface area (Å²) in [4.78, 5) is 37.1. The van der Waals surface area contributed by atoms with Gasteiger partial charge in [0.15, 0.2) is 0 Å². The molecule has 0 bridgehead atoms. The number of benzene rings is 2. The topological polar surface area (TPSA) is 86.7 Å². The lowest BCUT2D eigenvalue weighted by molar-refractivity contribution is -0.133. The standard InChI is InChI=1S/C20H20N2O4/c23-18(10-14-4-2-1-3-5-14)21-12-19(24)22-9-8-15-6-7-16(20(25)26)11-17(15)13-22/h1-7,11H,8-10,12-13H2,(H,21,23)(H,25,26). The maximum absolute atomic E-state index is 12.4. The zero-order valence-corrected chi connectivity index (χ0v) is 14.3. The van der Waals surface area contributed by atoms with Gasteiger partial charge in [-0.3, -0.25) is 9.59 Å². The van der Waals surface area contributed by atoms with Gasteiger partial charge >= 0.3 is 5.97 Å². The zero-order valence-electron chi connectivity index (χ0n) is 14.3. The Labute approximate surface area is 151 Å². The minimum Gasteiger partial charge on any atom is -0.478 e. The van der Waals surface area contributed by atoms with Crippen LogP contribution in [0.5, 0.6) is 0 Å². The molecule has 2 aromatic rings. The number of hydrogen-bond acceptors (Lipinski definition) is 3. The van der Waals surface area contributed by atoms with Gasteiger partial charge in [-0.1, -0.05) is 36.4 Å². The van der Waals surface area contributed by atoms with E-state index in [4.69, 9.17) is 5.11 Å². The SMILES string of the molecule is O=C(Cc1ccccc1)NCC(=O)N1CCc2ccc(C(=O)O)cc2C1. The number of carboxylic acid groups (broad SMARTS) is 1. The fourth-order valence-electron chi connectivity index (χ4n) is 3.03. The van der Waals surface area contributed by atoms with E-state index in [9.17, 15) is 14.4 Å². The minimum atomic E-state index is -0.982. The Morgan fingerprint density at radius 3 is 2.54 bits per heavy atom. The predicted octanol–water partition coefficient (Wildman–Crippen LogP) is 1.63. The number of hydrogen-bond donors (Lipinski definition) is 2. The van der Waals surface area contributed by atoms with Crippen molar-refractivity contribution in [1.29, 1.82) is 0 Å². The molecule has 0 spiro atoms. The van der Waals surface area contributed by atoms with Crippen LogP contribution in [0.2, 0.25) is 0 Å². The largest absolute Gasteiger partial charge is 0.478 e. The Bertz CT molecular complexity index is 833. The third-order valence-electron chi connectivity index (χ3n) is 4.46. The summed E-state index contributed by atoms with van der Waals surface area (Å²) in [6, 6.07) is 14.4. The zero-order chi connectivity index (χ0) is 18.5. The van der Waals surface area contributed by atoms with Crippen LogP contribution in [0.3, 0.4) is 0 Å². The van der Waals surface area contributed by atoms with Crippen molar-refractivity contribution in [2.45, 2.75) is 19.4 Å². The van der Waals surface area contributed by atoms with E-state index >= 15 is 0 Å². The third kappa shape index (κ3) is 4.27. The van der Waals surface area contributed by atoms with Gasteiger partial charge < -0.3 is 15.3 Å². The number of rotatable bonds is 5. The molecule has 0 saturated heterocycles. The van der Waals surface area contributed by atoms with Gasteiger partial charge in [0.2, 0.25) is 11.8 Å². The molecular weight excluding hydrogens is 332 g/mol. The second-order valence-electron chi connectivity index (χ2n) is 6.29. The molecular formula is C20H20N2O4. The van der Waals surface area contributed by atoms with Crippen molar-refractivity contribution in [2.75, 3.05) is 13.1 Å². The van der Waals surface area contributed by atoms with Crippen LogP contribution < -0.4 is 5.32 Å². The van der Waals surface area contributed by atoms with E-state index in [0.29, 0.717) is 19.5 Å². The highest BCUT2D eigenvalue weighted by Crippen LogP contribution is 2.20. The van der Waals surface area contributed by atoms with Gasteiger partial charge in [0.1, 0.15) is 0 Å². The number of aromatic carboxylic acids is 1. The van der Waals surface area contributed by atoms with Crippen molar-refractivity contribution in [1.82, 2.24) is 10.2 Å². The molecule has 1 heterocycles. The number of carboxylic acids is 1. The van der Waals surface area contributed by atoms with Gasteiger partial charge in [0.25, 0.3) is 0 Å². The summed E-state index contributed by atoms with van der Waals surface area (Å²) in [7, 11) is 0. The number of amides is 2. The molecule has 3 rings (SSSR count). The maximum Gasteiger partial charge on any atom is 0.335 e. The number of carbonyl (C=O) groups excluding carboxylic acids is 2. The lowest BCUT2D eigenvalue weighted by Gasteiger charge is -2.29. The van der Waals surface area contributed by atoms with Crippen molar-refractivity contribution in [2.24, 2.45) is 0 Å². The van der Waals surface area contributed by atoms with Crippen molar-refractivity contribution < 1.29 is 19.5 Å². The van der Waals surface area contributed by atoms with Crippen molar-refractivity contribution in [3.8, 4) is 0 Å². The van der Waals surface area contributed by atoms with Gasteiger partial charge in [-0.25, -0.2) is 4.79 Å². The molecule has 6 nitrogen and oxygen atoms in total. The van der Waals surface area contributed by atoms with Crippen molar-refractivity contribution in [3.63, 3.8) is 0 Å². The summed E-state index contributed by atoms with van der Waals surface area (Å²) in [6.45, 7) is 0.871. The highest BCUT2D eigenvalue weighted by molar-refractivity contribution is 5.88. The first-order valence-corrected chi connectivity index (χ1v) is 8.46. The molecule has 1 aliphatic rings. The quantitative estimate of drug-likeness (QED) is 0.856. The number of carbonyl (C=O) groups is 3. The molecule has 0 aliphatic carbocycles. The fraction of sp³-hybridized carbons (Fsp3) is 0.250. The van der Waals surface area contributed by atoms with Gasteiger partial charge in [0, 0.05) is 13.1 Å². The first kappa shape index (κ1) is 17.7. The van der Waals surface area contributed by atoms with Crippen LogP contribution >= 0.6 is 0 Å². The molecule has 6 heteroatoms. The van der Waals surface area contributed by atoms with E-state index in [2.05, 4.69) is 5.32 Å². The summed E-state index contributed by atoms with van der Waals surface area (Å²) in [5, 5.41) is 11.8. The number of nitrogens with one attached hydrogen (secondary N) is 1. The Morgan fingerprint density at radius 1 is 1.04 bits per heavy atom. The molecule has 0 saturated carbocycles. The van der Waals surface area contributed by atoms with Crippen molar-refractivity contribution >= 4 is 17.8 Å². The molecule has 0 atom stereocenters. The summed E-state index contributed by atoms with van der Waals surface area (Å²) < 4.78 is 0. The molecule has 0 radical (unpaired) electrons. The smallest absolute Gasteiger partial charge is 0.335 e. The predicted molar refractivity (Wildman–Crippen MR) is 95.7 cm³/mol. The van der Waals surface area contributed by atoms with Crippen molar-refractivity contribution in [3.05, 3.63) is 70.8 Å². The first-order valence-electron chi connectivity index (χ1n) is 8.46. The second kappa shape index (κ2) is 7.82. The average molecular weight is 352 g/mol. The molecule has 0 aromatic heterocycles. The molecule has 2 aromatic carbocycles. The second-order valence-corrected chi connectivity index (χ2v) is 6.29. The molecule has 2 amide bonds. The maximum atomic E-state index is 12.4. The highest BCUT2D eigenvalue weighted by Gasteiger charge is 2.22. The molecule has 26 heavy (non-hydrogen) atoms. The van der Waals surface area contributed by atoms with Gasteiger partial charge in [-0.2, -0.15) is 0 Å². The Hall–Kier alpha value is -3.15. The molecule has 134 valence electrons. The minimum absolute atomic E-state index is 0.0559. The van der Waals surface area contributed by atoms with E-state index in [-0.39, 0.29) is 30.3 Å². The Kier molecular flexibility index (Phi) is 5.31. The van der Waals surface area contributed by atoms with E-state index in [1.807, 2.05) is 36.4 Å². The lowest BCUT2D eigenvalue weighted by Crippen LogP contribution is -2.42. The highest BCUT2D eigenvalue weighted by atomic mass is 16.4. The van der Waals surface area contributed by atoms with E-state index in [1.54, 1.807) is 17.0 Å². The Balaban J connectivity index is 1.55. The lowest BCUT2D eigenvalue weighted by atomic mass is 9.97. The summed E-state index contributed by atoms with van der Waals surface area (Å²) in [6.07, 6.45) is 0.915. The summed E-state index contributed by atoms with van der Waals surface area (Å²) in [5.41, 5.74) is 3.02. The third-order valence-corrected chi connectivity index (χ3v) is 4.46. The van der Waals surface area contributed by atoms with Crippen LogP contribution in [-0.4, -0.2) is 40.9 Å². The van der Waals surface area contributed by atoms with Gasteiger partial charge in [-0.15, -0.1) is 0 Å². The van der Waals surface area contributed by atoms with Gasteiger partial charge in [-0.05, 0) is 35.2 Å². The normalized spacial score (nSPS) is 13.0. The molecule has 2 N–H and O–H groups in total. The first-order chi connectivity index (χ1) is 12.5. The van der Waals surface area contributed by atoms with Crippen LogP contribution in [0.4, 0.5) is 0 Å². The molecule has 1 aliphatic heterocycles. The number of nitrogens with zero attached hydrogens (tertiary/aromatic N) is 1. The molecule has 0 fully saturated rings. The summed E-state index contributed by atoms with van der Waals surface area (Å²) >= 11 is 0. The summed E-state index contributed by atoms with van der Waals surface area (Å²) in [5.74, 6) is -1.35. The van der Waals surface area contributed by atoms with E-state index in [0.717, 1.165) is 16.7 Å². The number of fused-ring (bicyclic) bond motifs is 1. The average Bonchev–Trinajstić information content (AvgIpc) is 2.66. The molecule has 0 unspecified atom stereocenters. The van der Waals surface area contributed by atoms with Crippen LogP contribution in [0, 0.1) is 0 Å². The van der Waals surface area contributed by atoms with Crippen LogP contribution in [0.25, 0.3) is 0 Å². The van der Waals surface area contributed by atoms with Crippen LogP contribution in [0.15, 0.2) is 48.5 Å². The van der Waals surface area contributed by atoms with E-state index < -0.39 is 5.97 Å². The van der Waals surface area contributed by atoms with Gasteiger partial charge in [0.05, 0.1) is 18.5 Å². The van der Waals surface area contributed by atoms with Crippen LogP contribution in [-0.2, 0) is 29.0 Å². The Morgan fingerprint density at radius 2 is 1.81 bits per heavy atom.